The smallest absolute Gasteiger partial charge is 0.360 e. The maximum Gasteiger partial charge on any atom is 0.360 e. The number of rotatable bonds is 3. The Morgan fingerprint density at radius 3 is 2.37 bits per heavy atom. The van der Waals surface area contributed by atoms with Gasteiger partial charge in [0, 0.05) is 12.4 Å². The minimum absolute atomic E-state index is 0.0833. The molecule has 0 spiro atoms. The third-order valence-electron chi connectivity index (χ3n) is 2.70. The topological polar surface area (TPSA) is 72.9 Å². The molecule has 94 valence electrons. The maximum absolute atomic E-state index is 11.2. The predicted molar refractivity (Wildman–Crippen MR) is 67.6 cm³/mol. The van der Waals surface area contributed by atoms with Crippen LogP contribution < -0.4 is 0 Å². The lowest BCUT2D eigenvalue weighted by atomic mass is 10.3. The zero-order valence-electron chi connectivity index (χ0n) is 9.84. The Balaban J connectivity index is 2.24. The number of carbonyl (C=O) groups is 1. The molecule has 6 nitrogen and oxygen atoms in total. The van der Waals surface area contributed by atoms with Crippen molar-refractivity contribution in [3.63, 3.8) is 0 Å². The van der Waals surface area contributed by atoms with Crippen molar-refractivity contribution in [1.29, 1.82) is 0 Å². The molecule has 0 aliphatic heterocycles. The molecule has 0 aliphatic rings. The number of nitrogens with zero attached hydrogens (tertiary/aromatic N) is 4. The predicted octanol–water partition coefficient (Wildman–Crippen LogP) is 1.76. The third kappa shape index (κ3) is 1.89. The summed E-state index contributed by atoms with van der Waals surface area (Å²) >= 11 is 0. The van der Waals surface area contributed by atoms with Crippen LogP contribution in [0.4, 0.5) is 0 Å². The molecule has 0 unspecified atom stereocenters. The molecular formula is C13H10N4O2. The Hall–Kier alpha value is -2.89. The maximum atomic E-state index is 11.2. The molecule has 0 radical (unpaired) electrons. The quantitative estimate of drug-likeness (QED) is 0.772. The van der Waals surface area contributed by atoms with E-state index in [9.17, 15) is 9.90 Å². The molecule has 19 heavy (non-hydrogen) atoms. The van der Waals surface area contributed by atoms with E-state index in [1.54, 1.807) is 17.0 Å². The molecule has 2 aromatic heterocycles. The van der Waals surface area contributed by atoms with E-state index in [2.05, 4.69) is 10.3 Å². The van der Waals surface area contributed by atoms with E-state index in [0.29, 0.717) is 5.82 Å². The van der Waals surface area contributed by atoms with Gasteiger partial charge >= 0.3 is 5.97 Å². The van der Waals surface area contributed by atoms with Gasteiger partial charge in [-0.25, -0.2) is 4.79 Å². The second kappa shape index (κ2) is 4.41. The molecule has 0 fully saturated rings. The molecule has 3 rings (SSSR count). The van der Waals surface area contributed by atoms with E-state index < -0.39 is 5.97 Å². The van der Waals surface area contributed by atoms with Crippen molar-refractivity contribution in [3.8, 4) is 11.5 Å². The Morgan fingerprint density at radius 1 is 1.05 bits per heavy atom. The summed E-state index contributed by atoms with van der Waals surface area (Å²) < 4.78 is 3.18. The number of hydrogen-bond donors (Lipinski definition) is 1. The number of carboxylic acids is 1. The van der Waals surface area contributed by atoms with E-state index in [4.69, 9.17) is 0 Å². The molecule has 2 heterocycles. The largest absolute Gasteiger partial charge is 0.476 e. The fraction of sp³-hybridized carbons (Fsp3) is 0. The standard InChI is InChI=1S/C13H10N4O2/c18-13(19)11-12(16-8-4-5-9-16)17(15-14-11)10-6-2-1-3-7-10/h1-9H,(H,18,19). The average molecular weight is 254 g/mol. The van der Waals surface area contributed by atoms with Crippen molar-refractivity contribution >= 4 is 5.97 Å². The van der Waals surface area contributed by atoms with Crippen LogP contribution in [0, 0.1) is 0 Å². The summed E-state index contributed by atoms with van der Waals surface area (Å²) in [4.78, 5) is 11.2. The van der Waals surface area contributed by atoms with Crippen molar-refractivity contribution in [2.45, 2.75) is 0 Å². The van der Waals surface area contributed by atoms with E-state index in [0.717, 1.165) is 5.69 Å². The Labute approximate surface area is 108 Å². The number of carboxylic acid groups (broad SMARTS) is 1. The number of benzene rings is 1. The van der Waals surface area contributed by atoms with Gasteiger partial charge in [-0.2, -0.15) is 4.68 Å². The number of aromatic nitrogens is 4. The van der Waals surface area contributed by atoms with Crippen LogP contribution in [0.2, 0.25) is 0 Å². The first-order chi connectivity index (χ1) is 9.27. The first-order valence-corrected chi connectivity index (χ1v) is 5.65. The van der Waals surface area contributed by atoms with Crippen LogP contribution in [0.25, 0.3) is 11.5 Å². The molecule has 0 saturated heterocycles. The van der Waals surface area contributed by atoms with Gasteiger partial charge in [-0.15, -0.1) is 5.10 Å². The summed E-state index contributed by atoms with van der Waals surface area (Å²) in [5.74, 6) is -0.699. The summed E-state index contributed by atoms with van der Waals surface area (Å²) in [5.41, 5.74) is 0.672. The van der Waals surface area contributed by atoms with Gasteiger partial charge in [-0.1, -0.05) is 23.4 Å². The first kappa shape index (κ1) is 11.2. The summed E-state index contributed by atoms with van der Waals surface area (Å²) in [5, 5.41) is 16.9. The lowest BCUT2D eigenvalue weighted by molar-refractivity contribution is 0.0690. The van der Waals surface area contributed by atoms with Crippen LogP contribution in [0.1, 0.15) is 10.5 Å². The lowest BCUT2D eigenvalue weighted by Crippen LogP contribution is -2.08. The first-order valence-electron chi connectivity index (χ1n) is 5.65. The normalized spacial score (nSPS) is 10.5. The molecule has 0 saturated carbocycles. The SMILES string of the molecule is O=C(O)c1nnn(-c2ccccc2)c1-n1cccc1. The zero-order valence-corrected chi connectivity index (χ0v) is 9.84. The van der Waals surface area contributed by atoms with Gasteiger partial charge in [-0.3, -0.25) is 0 Å². The minimum Gasteiger partial charge on any atom is -0.476 e. The van der Waals surface area contributed by atoms with Gasteiger partial charge in [-0.05, 0) is 24.3 Å². The van der Waals surface area contributed by atoms with Crippen molar-refractivity contribution in [1.82, 2.24) is 19.6 Å². The molecule has 0 amide bonds. The van der Waals surface area contributed by atoms with Crippen LogP contribution >= 0.6 is 0 Å². The van der Waals surface area contributed by atoms with E-state index in [-0.39, 0.29) is 5.69 Å². The van der Waals surface area contributed by atoms with Gasteiger partial charge in [0.2, 0.25) is 5.69 Å². The molecule has 0 atom stereocenters. The Bertz CT molecular complexity index is 702. The van der Waals surface area contributed by atoms with Gasteiger partial charge < -0.3 is 9.67 Å². The summed E-state index contributed by atoms with van der Waals surface area (Å²) in [7, 11) is 0. The average Bonchev–Trinajstić information content (AvgIpc) is 3.08. The van der Waals surface area contributed by atoms with Gasteiger partial charge in [0.15, 0.2) is 5.82 Å². The molecule has 0 aliphatic carbocycles. The van der Waals surface area contributed by atoms with Crippen LogP contribution in [-0.4, -0.2) is 30.6 Å². The zero-order chi connectivity index (χ0) is 13.2. The van der Waals surface area contributed by atoms with Crippen LogP contribution in [0.3, 0.4) is 0 Å². The van der Waals surface area contributed by atoms with Crippen LogP contribution in [-0.2, 0) is 0 Å². The number of hydrogen-bond acceptors (Lipinski definition) is 3. The summed E-state index contributed by atoms with van der Waals surface area (Å²) in [6, 6.07) is 12.9. The van der Waals surface area contributed by atoms with Crippen molar-refractivity contribution in [2.75, 3.05) is 0 Å². The molecular weight excluding hydrogens is 244 g/mol. The van der Waals surface area contributed by atoms with E-state index in [1.807, 2.05) is 42.5 Å². The highest BCUT2D eigenvalue weighted by molar-refractivity contribution is 5.89. The fourth-order valence-corrected chi connectivity index (χ4v) is 1.87. The van der Waals surface area contributed by atoms with E-state index in [1.165, 1.54) is 4.68 Å². The number of para-hydroxylation sites is 1. The summed E-state index contributed by atoms with van der Waals surface area (Å²) in [6.07, 6.45) is 3.51. The second-order valence-electron chi connectivity index (χ2n) is 3.90. The van der Waals surface area contributed by atoms with E-state index >= 15 is 0 Å². The third-order valence-corrected chi connectivity index (χ3v) is 2.70. The fourth-order valence-electron chi connectivity index (χ4n) is 1.87. The van der Waals surface area contributed by atoms with Crippen LogP contribution in [0.15, 0.2) is 54.9 Å². The molecule has 1 aromatic carbocycles. The van der Waals surface area contributed by atoms with Gasteiger partial charge in [0.1, 0.15) is 0 Å². The van der Waals surface area contributed by atoms with Gasteiger partial charge in [0.25, 0.3) is 0 Å². The van der Waals surface area contributed by atoms with Crippen LogP contribution in [0.5, 0.6) is 0 Å². The molecule has 3 aromatic rings. The monoisotopic (exact) mass is 254 g/mol. The van der Waals surface area contributed by atoms with Crippen molar-refractivity contribution < 1.29 is 9.90 Å². The lowest BCUT2D eigenvalue weighted by Gasteiger charge is -2.07. The highest BCUT2D eigenvalue weighted by Gasteiger charge is 2.20. The minimum atomic E-state index is -1.11. The van der Waals surface area contributed by atoms with Gasteiger partial charge in [0.05, 0.1) is 5.69 Å². The van der Waals surface area contributed by atoms with Crippen molar-refractivity contribution in [2.24, 2.45) is 0 Å². The molecule has 0 bridgehead atoms. The number of aromatic carboxylic acids is 1. The highest BCUT2D eigenvalue weighted by Crippen LogP contribution is 2.17. The Kier molecular flexibility index (Phi) is 2.60. The summed E-state index contributed by atoms with van der Waals surface area (Å²) in [6.45, 7) is 0. The molecule has 6 heteroatoms. The highest BCUT2D eigenvalue weighted by atomic mass is 16.4. The molecule has 1 N–H and O–H groups in total. The van der Waals surface area contributed by atoms with Crippen molar-refractivity contribution in [3.05, 3.63) is 60.6 Å². The second-order valence-corrected chi connectivity index (χ2v) is 3.90. The Morgan fingerprint density at radius 2 is 1.74 bits per heavy atom.